The van der Waals surface area contributed by atoms with Crippen molar-refractivity contribution in [2.24, 2.45) is 0 Å². The van der Waals surface area contributed by atoms with Crippen molar-refractivity contribution in [1.29, 1.82) is 5.26 Å². The van der Waals surface area contributed by atoms with Crippen LogP contribution in [0.2, 0.25) is 0 Å². The summed E-state index contributed by atoms with van der Waals surface area (Å²) in [7, 11) is 0. The summed E-state index contributed by atoms with van der Waals surface area (Å²) >= 11 is 0. The molecule has 0 atom stereocenters. The lowest BCUT2D eigenvalue weighted by Crippen LogP contribution is -2.14. The SMILES string of the molecule is CCCCc1ccc(NC(=O)/C(C#N)=C\Nc2cccnc2)cc1. The van der Waals surface area contributed by atoms with Gasteiger partial charge in [-0.25, -0.2) is 0 Å². The minimum Gasteiger partial charge on any atom is -0.359 e. The highest BCUT2D eigenvalue weighted by Crippen LogP contribution is 2.13. The molecule has 1 amide bonds. The van der Waals surface area contributed by atoms with Crippen LogP contribution in [0, 0.1) is 11.3 Å². The number of aryl methyl sites for hydroxylation is 1. The molecule has 122 valence electrons. The third-order valence-electron chi connectivity index (χ3n) is 3.44. The van der Waals surface area contributed by atoms with E-state index in [1.54, 1.807) is 24.5 Å². The second kappa shape index (κ2) is 9.11. The number of aromatic nitrogens is 1. The first kappa shape index (κ1) is 17.2. The molecule has 2 N–H and O–H groups in total. The molecule has 0 spiro atoms. The van der Waals surface area contributed by atoms with E-state index in [0.29, 0.717) is 11.4 Å². The standard InChI is InChI=1S/C19H20N4O/c1-2-3-5-15-7-9-17(10-8-15)23-19(24)16(12-20)13-22-18-6-4-11-21-14-18/h4,6-11,13-14,22H,2-3,5H2,1H3,(H,23,24)/b16-13-. The van der Waals surface area contributed by atoms with Crippen molar-refractivity contribution in [3.05, 3.63) is 66.1 Å². The van der Waals surface area contributed by atoms with Crippen LogP contribution in [0.1, 0.15) is 25.3 Å². The molecule has 0 bridgehead atoms. The number of rotatable bonds is 7. The Balaban J connectivity index is 1.97. The second-order valence-electron chi connectivity index (χ2n) is 5.31. The molecule has 5 nitrogen and oxygen atoms in total. The maximum absolute atomic E-state index is 12.2. The van der Waals surface area contributed by atoms with Gasteiger partial charge in [-0.1, -0.05) is 25.5 Å². The van der Waals surface area contributed by atoms with Gasteiger partial charge in [-0.15, -0.1) is 0 Å². The minimum absolute atomic E-state index is 0.00564. The minimum atomic E-state index is -0.449. The number of benzene rings is 1. The molecule has 0 saturated heterocycles. The Morgan fingerprint density at radius 1 is 1.25 bits per heavy atom. The van der Waals surface area contributed by atoms with Crippen molar-refractivity contribution in [2.75, 3.05) is 10.6 Å². The lowest BCUT2D eigenvalue weighted by Gasteiger charge is -2.06. The van der Waals surface area contributed by atoms with Gasteiger partial charge >= 0.3 is 0 Å². The average molecular weight is 320 g/mol. The maximum atomic E-state index is 12.2. The Bertz CT molecular complexity index is 730. The smallest absolute Gasteiger partial charge is 0.267 e. The molecule has 0 unspecified atom stereocenters. The van der Waals surface area contributed by atoms with Gasteiger partial charge in [0.25, 0.3) is 5.91 Å². The van der Waals surface area contributed by atoms with Gasteiger partial charge in [0, 0.05) is 18.1 Å². The van der Waals surface area contributed by atoms with E-state index in [1.165, 1.54) is 11.8 Å². The zero-order chi connectivity index (χ0) is 17.2. The summed E-state index contributed by atoms with van der Waals surface area (Å²) in [5.74, 6) is -0.449. The predicted octanol–water partition coefficient (Wildman–Crippen LogP) is 3.88. The molecule has 0 aliphatic heterocycles. The van der Waals surface area contributed by atoms with Gasteiger partial charge in [0.2, 0.25) is 0 Å². The predicted molar refractivity (Wildman–Crippen MR) is 95.2 cm³/mol. The Labute approximate surface area is 142 Å². The fraction of sp³-hybridized carbons (Fsp3) is 0.211. The number of unbranched alkanes of at least 4 members (excludes halogenated alkanes) is 1. The van der Waals surface area contributed by atoms with Crippen LogP contribution in [0.15, 0.2) is 60.6 Å². The fourth-order valence-electron chi connectivity index (χ4n) is 2.09. The largest absolute Gasteiger partial charge is 0.359 e. The monoisotopic (exact) mass is 320 g/mol. The number of nitrogens with zero attached hydrogens (tertiary/aromatic N) is 2. The van der Waals surface area contributed by atoms with E-state index in [9.17, 15) is 4.79 Å². The normalized spacial score (nSPS) is 10.8. The number of nitriles is 1. The first-order valence-electron chi connectivity index (χ1n) is 7.90. The van der Waals surface area contributed by atoms with E-state index in [-0.39, 0.29) is 5.57 Å². The summed E-state index contributed by atoms with van der Waals surface area (Å²) < 4.78 is 0. The highest BCUT2D eigenvalue weighted by Gasteiger charge is 2.09. The van der Waals surface area contributed by atoms with Crippen LogP contribution in [0.3, 0.4) is 0 Å². The van der Waals surface area contributed by atoms with Crippen molar-refractivity contribution in [2.45, 2.75) is 26.2 Å². The van der Waals surface area contributed by atoms with Crippen LogP contribution in [0.5, 0.6) is 0 Å². The molecule has 2 aromatic rings. The molecule has 24 heavy (non-hydrogen) atoms. The quantitative estimate of drug-likeness (QED) is 0.599. The van der Waals surface area contributed by atoms with E-state index in [0.717, 1.165) is 19.3 Å². The van der Waals surface area contributed by atoms with Crippen molar-refractivity contribution >= 4 is 17.3 Å². The zero-order valence-corrected chi connectivity index (χ0v) is 13.6. The van der Waals surface area contributed by atoms with Crippen molar-refractivity contribution in [3.63, 3.8) is 0 Å². The number of carbonyl (C=O) groups excluding carboxylic acids is 1. The number of anilines is 2. The molecular formula is C19H20N4O. The van der Waals surface area contributed by atoms with Gasteiger partial charge in [0.05, 0.1) is 11.9 Å². The van der Waals surface area contributed by atoms with Gasteiger partial charge in [-0.2, -0.15) is 5.26 Å². The molecule has 0 fully saturated rings. The Kier molecular flexibility index (Phi) is 6.54. The van der Waals surface area contributed by atoms with Gasteiger partial charge in [-0.05, 0) is 42.7 Å². The van der Waals surface area contributed by atoms with Crippen LogP contribution in [-0.4, -0.2) is 10.9 Å². The Morgan fingerprint density at radius 2 is 2.04 bits per heavy atom. The van der Waals surface area contributed by atoms with E-state index < -0.39 is 5.91 Å². The summed E-state index contributed by atoms with van der Waals surface area (Å²) in [6.07, 6.45) is 7.96. The first-order valence-corrected chi connectivity index (χ1v) is 7.90. The van der Waals surface area contributed by atoms with E-state index in [4.69, 9.17) is 5.26 Å². The van der Waals surface area contributed by atoms with Crippen molar-refractivity contribution < 1.29 is 4.79 Å². The molecule has 1 heterocycles. The third kappa shape index (κ3) is 5.25. The maximum Gasteiger partial charge on any atom is 0.267 e. The molecular weight excluding hydrogens is 300 g/mol. The van der Waals surface area contributed by atoms with Crippen LogP contribution in [0.4, 0.5) is 11.4 Å². The second-order valence-corrected chi connectivity index (χ2v) is 5.31. The molecule has 0 aliphatic carbocycles. The molecule has 5 heteroatoms. The highest BCUT2D eigenvalue weighted by atomic mass is 16.1. The Hall–Kier alpha value is -3.13. The van der Waals surface area contributed by atoms with Crippen LogP contribution in [0.25, 0.3) is 0 Å². The number of carbonyl (C=O) groups is 1. The van der Waals surface area contributed by atoms with Crippen molar-refractivity contribution in [1.82, 2.24) is 4.98 Å². The first-order chi connectivity index (χ1) is 11.7. The van der Waals surface area contributed by atoms with Crippen LogP contribution >= 0.6 is 0 Å². The molecule has 0 radical (unpaired) electrons. The third-order valence-corrected chi connectivity index (χ3v) is 3.44. The van der Waals surface area contributed by atoms with Gasteiger partial charge in [0.1, 0.15) is 11.6 Å². The summed E-state index contributed by atoms with van der Waals surface area (Å²) in [5, 5.41) is 14.8. The topological polar surface area (TPSA) is 77.8 Å². The number of hydrogen-bond acceptors (Lipinski definition) is 4. The van der Waals surface area contributed by atoms with E-state index in [1.807, 2.05) is 30.3 Å². The summed E-state index contributed by atoms with van der Waals surface area (Å²) in [6, 6.07) is 13.2. The van der Waals surface area contributed by atoms with E-state index >= 15 is 0 Å². The summed E-state index contributed by atoms with van der Waals surface area (Å²) in [5.41, 5.74) is 2.61. The molecule has 1 aromatic heterocycles. The Morgan fingerprint density at radius 3 is 2.67 bits per heavy atom. The van der Waals surface area contributed by atoms with Crippen LogP contribution < -0.4 is 10.6 Å². The van der Waals surface area contributed by atoms with Gasteiger partial charge in [0.15, 0.2) is 0 Å². The van der Waals surface area contributed by atoms with Crippen LogP contribution in [-0.2, 0) is 11.2 Å². The van der Waals surface area contributed by atoms with Gasteiger partial charge in [-0.3, -0.25) is 9.78 Å². The summed E-state index contributed by atoms with van der Waals surface area (Å²) in [6.45, 7) is 2.16. The molecule has 1 aromatic carbocycles. The van der Waals surface area contributed by atoms with E-state index in [2.05, 4.69) is 22.5 Å². The van der Waals surface area contributed by atoms with Crippen molar-refractivity contribution in [3.8, 4) is 6.07 Å². The number of amides is 1. The average Bonchev–Trinajstić information content (AvgIpc) is 2.62. The lowest BCUT2D eigenvalue weighted by atomic mass is 10.1. The number of pyridine rings is 1. The fourth-order valence-corrected chi connectivity index (χ4v) is 2.09. The van der Waals surface area contributed by atoms with Gasteiger partial charge < -0.3 is 10.6 Å². The number of nitrogens with one attached hydrogen (secondary N) is 2. The number of hydrogen-bond donors (Lipinski definition) is 2. The molecule has 0 aliphatic rings. The molecule has 0 saturated carbocycles. The highest BCUT2D eigenvalue weighted by molar-refractivity contribution is 6.06. The molecule has 2 rings (SSSR count). The lowest BCUT2D eigenvalue weighted by molar-refractivity contribution is -0.112. The summed E-state index contributed by atoms with van der Waals surface area (Å²) in [4.78, 5) is 16.1. The zero-order valence-electron chi connectivity index (χ0n) is 13.6.